The van der Waals surface area contributed by atoms with Crippen LogP contribution in [0.5, 0.6) is 0 Å². The Hall–Kier alpha value is -2.84. The number of aromatic nitrogens is 2. The van der Waals surface area contributed by atoms with Crippen LogP contribution in [0.25, 0.3) is 22.4 Å². The number of halogens is 5. The monoisotopic (exact) mass is 484 g/mol. The number of rotatable bonds is 5. The van der Waals surface area contributed by atoms with Crippen LogP contribution in [0.15, 0.2) is 64.8 Å². The van der Waals surface area contributed by atoms with Gasteiger partial charge in [0.15, 0.2) is 18.5 Å². The molecule has 0 radical (unpaired) electrons. The molecule has 0 fully saturated rings. The highest BCUT2D eigenvalue weighted by molar-refractivity contribution is 6.33. The summed E-state index contributed by atoms with van der Waals surface area (Å²) in [5, 5.41) is 13.1. The third-order valence-corrected chi connectivity index (χ3v) is 4.50. The fourth-order valence-electron chi connectivity index (χ4n) is 2.59. The Balaban J connectivity index is 0.00000176. The summed E-state index contributed by atoms with van der Waals surface area (Å²) in [6, 6.07) is 16.1. The van der Waals surface area contributed by atoms with Crippen molar-refractivity contribution in [2.24, 2.45) is 17.3 Å². The molecule has 0 aliphatic rings. The maximum atomic E-state index is 12.1. The van der Waals surface area contributed by atoms with Crippen molar-refractivity contribution in [2.45, 2.75) is 20.0 Å². The predicted octanol–water partition coefficient (Wildman–Crippen LogP) is 6.51. The van der Waals surface area contributed by atoms with Gasteiger partial charge in [0, 0.05) is 23.2 Å². The number of aryl methyl sites for hydroxylation is 1. The second kappa shape index (κ2) is 11.7. The van der Waals surface area contributed by atoms with Gasteiger partial charge in [0.25, 0.3) is 0 Å². The van der Waals surface area contributed by atoms with Gasteiger partial charge in [-0.2, -0.15) is 18.3 Å². The lowest BCUT2D eigenvalue weighted by Crippen LogP contribution is -2.21. The molecule has 1 heterocycles. The number of nitrogens with zero attached hydrogens (tertiary/aromatic N) is 4. The smallest absolute Gasteiger partial charge is 0.422 e. The minimum Gasteiger partial charge on any atom is -0.472 e. The maximum Gasteiger partial charge on any atom is 0.422 e. The third-order valence-electron chi connectivity index (χ3n) is 3.92. The van der Waals surface area contributed by atoms with Crippen molar-refractivity contribution >= 4 is 29.6 Å². The molecule has 3 rings (SSSR count). The Morgan fingerprint density at radius 2 is 1.69 bits per heavy atom. The van der Waals surface area contributed by atoms with E-state index in [1.165, 1.54) is 4.68 Å². The van der Waals surface area contributed by atoms with Crippen molar-refractivity contribution in [3.63, 3.8) is 0 Å². The Bertz CT molecular complexity index is 1130. The van der Waals surface area contributed by atoms with Gasteiger partial charge in [-0.05, 0) is 29.8 Å². The zero-order valence-electron chi connectivity index (χ0n) is 17.6. The molecule has 5 nitrogen and oxygen atoms in total. The fourth-order valence-corrected chi connectivity index (χ4v) is 2.94. The van der Waals surface area contributed by atoms with Gasteiger partial charge < -0.3 is 4.74 Å². The summed E-state index contributed by atoms with van der Waals surface area (Å²) in [7, 11) is 1.64. The van der Waals surface area contributed by atoms with Crippen LogP contribution >= 0.6 is 23.2 Å². The Morgan fingerprint density at radius 3 is 2.31 bits per heavy atom. The van der Waals surface area contributed by atoms with Crippen LogP contribution in [-0.2, 0) is 11.8 Å². The molecule has 0 atom stereocenters. The molecule has 0 bridgehead atoms. The van der Waals surface area contributed by atoms with E-state index < -0.39 is 12.8 Å². The van der Waals surface area contributed by atoms with E-state index in [1.54, 1.807) is 31.3 Å². The van der Waals surface area contributed by atoms with Crippen molar-refractivity contribution in [2.75, 3.05) is 6.61 Å². The average Bonchev–Trinajstić information content (AvgIpc) is 2.76. The van der Waals surface area contributed by atoms with E-state index in [2.05, 4.69) is 20.0 Å². The summed E-state index contributed by atoms with van der Waals surface area (Å²) in [5.41, 5.74) is 3.10. The van der Waals surface area contributed by atoms with Crippen LogP contribution in [0.3, 0.4) is 0 Å². The van der Waals surface area contributed by atoms with Crippen molar-refractivity contribution in [1.29, 1.82) is 0 Å². The molecular formula is C22H21Cl2F3N4O. The van der Waals surface area contributed by atoms with Gasteiger partial charge in [-0.15, -0.1) is 10.2 Å². The molecule has 0 amide bonds. The summed E-state index contributed by atoms with van der Waals surface area (Å²) in [6.07, 6.45) is -3.81. The number of alkyl halides is 3. The van der Waals surface area contributed by atoms with E-state index in [0.717, 1.165) is 5.56 Å². The molecular weight excluding hydrogens is 464 g/mol. The highest BCUT2D eigenvalue weighted by atomic mass is 35.5. The first-order chi connectivity index (χ1) is 15.2. The van der Waals surface area contributed by atoms with Gasteiger partial charge >= 0.3 is 6.18 Å². The Kier molecular flexibility index (Phi) is 9.28. The second-order valence-corrected chi connectivity index (χ2v) is 6.97. The Morgan fingerprint density at radius 1 is 1.03 bits per heavy atom. The first-order valence-corrected chi connectivity index (χ1v) is 10.3. The van der Waals surface area contributed by atoms with Gasteiger partial charge in [0.1, 0.15) is 5.69 Å². The first kappa shape index (κ1) is 25.4. The molecule has 0 N–H and O–H groups in total. The van der Waals surface area contributed by atoms with E-state index in [9.17, 15) is 13.2 Å². The number of hydrogen-bond donors (Lipinski definition) is 0. The highest BCUT2D eigenvalue weighted by Gasteiger charge is 2.27. The van der Waals surface area contributed by atoms with Crippen molar-refractivity contribution < 1.29 is 17.9 Å². The zero-order valence-corrected chi connectivity index (χ0v) is 19.1. The zero-order chi connectivity index (χ0) is 23.7. The minimum atomic E-state index is -4.45. The molecule has 0 unspecified atom stereocenters. The third kappa shape index (κ3) is 7.10. The van der Waals surface area contributed by atoms with Crippen LogP contribution in [-0.4, -0.2) is 29.0 Å². The fraction of sp³-hybridized carbons (Fsp3) is 0.227. The lowest BCUT2D eigenvalue weighted by molar-refractivity contribution is -0.155. The van der Waals surface area contributed by atoms with Gasteiger partial charge in [0.2, 0.25) is 0 Å². The van der Waals surface area contributed by atoms with Crippen LogP contribution in [0.2, 0.25) is 10.0 Å². The van der Waals surface area contributed by atoms with Gasteiger partial charge in [-0.1, -0.05) is 67.4 Å². The molecule has 170 valence electrons. The van der Waals surface area contributed by atoms with Gasteiger partial charge in [-0.3, -0.25) is 0 Å². The largest absolute Gasteiger partial charge is 0.472 e. The standard InChI is InChI=1S/C20H15Cl2F3N4O.C2H6/c1-29-18(27-26-12-30-11-20(23,24)25)10-16(13-6-8-14(21)9-7-13)19(28-29)15-4-2-3-5-17(15)22;1-2/h2-10,12H,11H2,1H3;1-2H3/b26-12+,27-18-;. The summed E-state index contributed by atoms with van der Waals surface area (Å²) < 4.78 is 42.1. The molecule has 0 spiro atoms. The molecule has 0 aliphatic carbocycles. The summed E-state index contributed by atoms with van der Waals surface area (Å²) in [5.74, 6) is 0. The number of hydrogen-bond acceptors (Lipinski definition) is 4. The van der Waals surface area contributed by atoms with E-state index in [4.69, 9.17) is 23.2 Å². The lowest BCUT2D eigenvalue weighted by atomic mass is 10.00. The lowest BCUT2D eigenvalue weighted by Gasteiger charge is -2.12. The molecule has 32 heavy (non-hydrogen) atoms. The van der Waals surface area contributed by atoms with Crippen LogP contribution in [0.1, 0.15) is 13.8 Å². The van der Waals surface area contributed by atoms with Crippen LogP contribution in [0, 0.1) is 0 Å². The quantitative estimate of drug-likeness (QED) is 0.235. The average molecular weight is 485 g/mol. The van der Waals surface area contributed by atoms with Crippen molar-refractivity contribution in [3.8, 4) is 22.4 Å². The van der Waals surface area contributed by atoms with E-state index in [-0.39, 0.29) is 0 Å². The summed E-state index contributed by atoms with van der Waals surface area (Å²) >= 11 is 12.4. The predicted molar refractivity (Wildman–Crippen MR) is 122 cm³/mol. The highest BCUT2D eigenvalue weighted by Crippen LogP contribution is 2.33. The second-order valence-electron chi connectivity index (χ2n) is 6.12. The normalized spacial score (nSPS) is 11.9. The van der Waals surface area contributed by atoms with Crippen molar-refractivity contribution in [3.05, 3.63) is 70.1 Å². The number of benzene rings is 2. The first-order valence-electron chi connectivity index (χ1n) is 9.58. The van der Waals surface area contributed by atoms with E-state index in [0.29, 0.717) is 38.8 Å². The molecule has 0 aliphatic heterocycles. The van der Waals surface area contributed by atoms with E-state index in [1.807, 2.05) is 44.2 Å². The Labute approximate surface area is 193 Å². The minimum absolute atomic E-state index is 0.294. The summed E-state index contributed by atoms with van der Waals surface area (Å²) in [6.45, 7) is 2.55. The summed E-state index contributed by atoms with van der Waals surface area (Å²) in [4.78, 5) is 0. The van der Waals surface area contributed by atoms with Crippen LogP contribution < -0.4 is 5.49 Å². The number of ether oxygens (including phenoxy) is 1. The molecule has 1 aromatic heterocycles. The molecule has 2 aromatic carbocycles. The molecule has 3 aromatic rings. The molecule has 0 saturated carbocycles. The topological polar surface area (TPSA) is 51.8 Å². The van der Waals surface area contributed by atoms with Crippen LogP contribution in [0.4, 0.5) is 13.2 Å². The van der Waals surface area contributed by atoms with E-state index >= 15 is 0 Å². The SMILES string of the molecule is CC.Cn1nc(-c2ccccc2Cl)c(-c2ccc(Cl)cc2)c/c1=N/N=C/OCC(F)(F)F. The van der Waals surface area contributed by atoms with Gasteiger partial charge in [-0.25, -0.2) is 4.68 Å². The van der Waals surface area contributed by atoms with Crippen molar-refractivity contribution in [1.82, 2.24) is 9.78 Å². The molecule has 0 saturated heterocycles. The maximum absolute atomic E-state index is 12.1. The molecule has 10 heteroatoms. The van der Waals surface area contributed by atoms with Gasteiger partial charge in [0.05, 0.1) is 5.02 Å².